The van der Waals surface area contributed by atoms with Crippen LogP contribution < -0.4 is 0 Å². The summed E-state index contributed by atoms with van der Waals surface area (Å²) >= 11 is 2.13. The molecule has 2 aromatic rings. The van der Waals surface area contributed by atoms with Crippen LogP contribution in [0.15, 0.2) is 36.5 Å². The summed E-state index contributed by atoms with van der Waals surface area (Å²) in [5, 5.41) is 7.84. The van der Waals surface area contributed by atoms with E-state index in [1.807, 2.05) is 36.5 Å². The van der Waals surface area contributed by atoms with E-state index >= 15 is 0 Å². The van der Waals surface area contributed by atoms with E-state index in [2.05, 4.69) is 32.9 Å². The van der Waals surface area contributed by atoms with Crippen LogP contribution in [0.25, 0.3) is 5.69 Å². The maximum Gasteiger partial charge on any atom is 0.143 e. The second-order valence-corrected chi connectivity index (χ2v) is 3.43. The summed E-state index contributed by atoms with van der Waals surface area (Å²) in [4.78, 5) is 0. The number of para-hydroxylation sites is 1. The van der Waals surface area contributed by atoms with Gasteiger partial charge in [-0.1, -0.05) is 23.4 Å². The number of aromatic nitrogens is 3. The summed E-state index contributed by atoms with van der Waals surface area (Å²) in [5.41, 5.74) is 1.04. The Hall–Kier alpha value is -0.910. The Kier molecular flexibility index (Phi) is 2.07. The quantitative estimate of drug-likeness (QED) is 0.738. The highest BCUT2D eigenvalue weighted by atomic mass is 123. The Morgan fingerprint density at radius 3 is 2.50 bits per heavy atom. The van der Waals surface area contributed by atoms with Crippen molar-refractivity contribution in [1.29, 1.82) is 0 Å². The molecule has 0 bridgehead atoms. The molecule has 2 rings (SSSR count). The smallest absolute Gasteiger partial charge is 0.143 e. The third-order valence-electron chi connectivity index (χ3n) is 1.49. The molecule has 0 aliphatic heterocycles. The second kappa shape index (κ2) is 3.22. The van der Waals surface area contributed by atoms with E-state index in [0.29, 0.717) is 0 Å². The van der Waals surface area contributed by atoms with Gasteiger partial charge in [0.15, 0.2) is 0 Å². The van der Waals surface area contributed by atoms with Crippen LogP contribution in [0.3, 0.4) is 0 Å². The number of benzene rings is 1. The molecule has 0 atom stereocenters. The molecule has 0 aliphatic rings. The Labute approximate surface area is 83.5 Å². The fraction of sp³-hybridized carbons (Fsp3) is 0. The molecule has 0 unspecified atom stereocenters. The molecule has 1 aromatic heterocycles. The van der Waals surface area contributed by atoms with Crippen LogP contribution in [-0.2, 0) is 0 Å². The van der Waals surface area contributed by atoms with E-state index in [1.165, 1.54) is 0 Å². The summed E-state index contributed by atoms with van der Waals surface area (Å²) < 4.78 is 2.65. The molecule has 1 heterocycles. The molecule has 0 saturated carbocycles. The van der Waals surface area contributed by atoms with E-state index in [4.69, 9.17) is 0 Å². The minimum atomic E-state index is 0.899. The van der Waals surface area contributed by atoms with Gasteiger partial charge in [-0.05, 0) is 34.7 Å². The third-order valence-corrected chi connectivity index (χ3v) is 1.98. The van der Waals surface area contributed by atoms with E-state index in [0.717, 1.165) is 9.39 Å². The highest BCUT2D eigenvalue weighted by Crippen LogP contribution is 2.06. The molecule has 1 aromatic carbocycles. The Balaban J connectivity index is 2.45. The van der Waals surface area contributed by atoms with E-state index in [-0.39, 0.29) is 0 Å². The lowest BCUT2D eigenvalue weighted by Crippen LogP contribution is -1.93. The molecule has 12 heavy (non-hydrogen) atoms. The van der Waals surface area contributed by atoms with Gasteiger partial charge in [0.1, 0.15) is 3.70 Å². The summed E-state index contributed by atoms with van der Waals surface area (Å²) in [6.45, 7) is 0. The molecular weight excluding hydrogens is 261 g/mol. The Bertz CT molecular complexity index is 369. The molecule has 0 amide bonds. The fourth-order valence-electron chi connectivity index (χ4n) is 0.950. The third kappa shape index (κ3) is 1.47. The predicted octanol–water partition coefficient (Wildman–Crippen LogP) is 1.87. The number of hydrogen-bond acceptors (Lipinski definition) is 2. The first-order valence-corrected chi connectivity index (χ1v) is 4.57. The van der Waals surface area contributed by atoms with Crippen molar-refractivity contribution in [2.45, 2.75) is 0 Å². The topological polar surface area (TPSA) is 30.7 Å². The minimum absolute atomic E-state index is 0.899. The maximum atomic E-state index is 3.95. The van der Waals surface area contributed by atoms with Crippen molar-refractivity contribution in [2.24, 2.45) is 0 Å². The standard InChI is InChI=1S/C8H6IN3/c9-8-6-12(11-10-8)7-4-2-1-3-5-7/h1-6H/i9-4. The van der Waals surface area contributed by atoms with Gasteiger partial charge in [0.25, 0.3) is 0 Å². The van der Waals surface area contributed by atoms with Gasteiger partial charge in [-0.3, -0.25) is 0 Å². The van der Waals surface area contributed by atoms with E-state index in [1.54, 1.807) is 4.68 Å². The lowest BCUT2D eigenvalue weighted by atomic mass is 10.3. The SMILES string of the molecule is [123I]c1cn(-c2ccccc2)nn1. The van der Waals surface area contributed by atoms with Crippen LogP contribution in [0.2, 0.25) is 0 Å². The number of halogens is 1. The number of rotatable bonds is 1. The molecule has 0 fully saturated rings. The number of hydrogen-bond donors (Lipinski definition) is 0. The van der Waals surface area contributed by atoms with E-state index < -0.39 is 0 Å². The molecule has 0 spiro atoms. The van der Waals surface area contributed by atoms with Crippen molar-refractivity contribution >= 4 is 22.6 Å². The molecule has 0 N–H and O–H groups in total. The Morgan fingerprint density at radius 1 is 1.17 bits per heavy atom. The molecule has 3 nitrogen and oxygen atoms in total. The highest BCUT2D eigenvalue weighted by molar-refractivity contribution is 14.1. The van der Waals surface area contributed by atoms with Gasteiger partial charge in [-0.25, -0.2) is 4.68 Å². The molecule has 4 heteroatoms. The van der Waals surface area contributed by atoms with Crippen LogP contribution in [0.1, 0.15) is 0 Å². The van der Waals surface area contributed by atoms with Crippen molar-refractivity contribution < 1.29 is 0 Å². The van der Waals surface area contributed by atoms with Crippen LogP contribution in [0.4, 0.5) is 0 Å². The van der Waals surface area contributed by atoms with Crippen molar-refractivity contribution in [3.63, 3.8) is 0 Å². The Morgan fingerprint density at radius 2 is 1.92 bits per heavy atom. The first-order chi connectivity index (χ1) is 5.86. The van der Waals surface area contributed by atoms with Gasteiger partial charge in [0.2, 0.25) is 0 Å². The fourth-order valence-corrected chi connectivity index (χ4v) is 1.31. The van der Waals surface area contributed by atoms with Crippen molar-refractivity contribution in [1.82, 2.24) is 15.0 Å². The second-order valence-electron chi connectivity index (χ2n) is 2.32. The van der Waals surface area contributed by atoms with Crippen LogP contribution >= 0.6 is 22.6 Å². The lowest BCUT2D eigenvalue weighted by Gasteiger charge is -1.96. The van der Waals surface area contributed by atoms with Crippen molar-refractivity contribution in [3.8, 4) is 5.69 Å². The first kappa shape index (κ1) is 7.72. The van der Waals surface area contributed by atoms with Gasteiger partial charge in [-0.2, -0.15) is 0 Å². The van der Waals surface area contributed by atoms with Gasteiger partial charge in [-0.15, -0.1) is 5.10 Å². The zero-order chi connectivity index (χ0) is 8.39. The van der Waals surface area contributed by atoms with E-state index in [9.17, 15) is 0 Å². The summed E-state index contributed by atoms with van der Waals surface area (Å²) in [6, 6.07) is 9.91. The molecule has 60 valence electrons. The molecular formula is C8H6IN3. The number of nitrogens with zero attached hydrogens (tertiary/aromatic N) is 3. The highest BCUT2D eigenvalue weighted by Gasteiger charge is 1.97. The average Bonchev–Trinajstić information content (AvgIpc) is 2.54. The largest absolute Gasteiger partial charge is 0.220 e. The van der Waals surface area contributed by atoms with Crippen LogP contribution in [0, 0.1) is 3.70 Å². The summed E-state index contributed by atoms with van der Waals surface area (Å²) in [6.07, 6.45) is 1.88. The first-order valence-electron chi connectivity index (χ1n) is 3.49. The van der Waals surface area contributed by atoms with Gasteiger partial charge in [0, 0.05) is 0 Å². The van der Waals surface area contributed by atoms with Gasteiger partial charge >= 0.3 is 0 Å². The monoisotopic (exact) mass is 267 g/mol. The van der Waals surface area contributed by atoms with Crippen molar-refractivity contribution in [3.05, 3.63) is 40.2 Å². The summed E-state index contributed by atoms with van der Waals surface area (Å²) in [5.74, 6) is 0. The molecule has 0 saturated heterocycles. The zero-order valence-electron chi connectivity index (χ0n) is 6.18. The maximum absolute atomic E-state index is 3.95. The summed E-state index contributed by atoms with van der Waals surface area (Å²) in [7, 11) is 0. The molecule has 0 radical (unpaired) electrons. The van der Waals surface area contributed by atoms with Gasteiger partial charge in [0.05, 0.1) is 11.9 Å². The normalized spacial score (nSPS) is 10.1. The van der Waals surface area contributed by atoms with Crippen LogP contribution in [0.5, 0.6) is 0 Å². The predicted molar refractivity (Wildman–Crippen MR) is 54.1 cm³/mol. The minimum Gasteiger partial charge on any atom is -0.220 e. The zero-order valence-corrected chi connectivity index (χ0v) is 8.34. The average molecular weight is 267 g/mol. The van der Waals surface area contributed by atoms with Gasteiger partial charge < -0.3 is 0 Å². The molecule has 0 aliphatic carbocycles. The van der Waals surface area contributed by atoms with Crippen LogP contribution in [-0.4, -0.2) is 15.0 Å². The lowest BCUT2D eigenvalue weighted by molar-refractivity contribution is 0.802. The van der Waals surface area contributed by atoms with Crippen molar-refractivity contribution in [2.75, 3.05) is 0 Å².